The Hall–Kier alpha value is -0.120. The van der Waals surface area contributed by atoms with E-state index in [4.69, 9.17) is 9.47 Å². The van der Waals surface area contributed by atoms with E-state index in [2.05, 4.69) is 4.90 Å². The predicted octanol–water partition coefficient (Wildman–Crippen LogP) is 0.598. The molecule has 0 aliphatic rings. The lowest BCUT2D eigenvalue weighted by Gasteiger charge is -2.24. The fraction of sp³-hybridized carbons (Fsp3) is 1.00. The molecular formula is C8H19NO2. The van der Waals surface area contributed by atoms with Crippen molar-refractivity contribution in [1.29, 1.82) is 0 Å². The lowest BCUT2D eigenvalue weighted by molar-refractivity contribution is -0.0361. The third kappa shape index (κ3) is 4.35. The predicted molar refractivity (Wildman–Crippen MR) is 45.8 cm³/mol. The minimum absolute atomic E-state index is 0.155. The Morgan fingerprint density at radius 1 is 1.18 bits per heavy atom. The molecular weight excluding hydrogens is 142 g/mol. The summed E-state index contributed by atoms with van der Waals surface area (Å²) in [5.74, 6) is 0. The Bertz CT molecular complexity index is 96.1. The second-order valence-corrected chi connectivity index (χ2v) is 2.98. The SMILES string of the molecule is COC(C)C(CN(C)C)OC. The molecule has 0 aromatic rings. The second kappa shape index (κ2) is 5.52. The summed E-state index contributed by atoms with van der Waals surface area (Å²) in [7, 11) is 7.46. The zero-order chi connectivity index (χ0) is 8.85. The van der Waals surface area contributed by atoms with E-state index >= 15 is 0 Å². The summed E-state index contributed by atoms with van der Waals surface area (Å²) < 4.78 is 10.4. The largest absolute Gasteiger partial charge is 0.379 e. The van der Waals surface area contributed by atoms with Gasteiger partial charge in [-0.25, -0.2) is 0 Å². The van der Waals surface area contributed by atoms with Gasteiger partial charge in [0.1, 0.15) is 0 Å². The highest BCUT2D eigenvalue weighted by molar-refractivity contribution is 4.67. The van der Waals surface area contributed by atoms with Gasteiger partial charge in [0.05, 0.1) is 12.2 Å². The van der Waals surface area contributed by atoms with Gasteiger partial charge in [-0.3, -0.25) is 0 Å². The molecule has 0 aromatic heterocycles. The van der Waals surface area contributed by atoms with Gasteiger partial charge in [0, 0.05) is 20.8 Å². The van der Waals surface area contributed by atoms with Gasteiger partial charge in [0.25, 0.3) is 0 Å². The standard InChI is InChI=1S/C8H19NO2/c1-7(10-4)8(11-5)6-9(2)3/h7-8H,6H2,1-5H3. The summed E-state index contributed by atoms with van der Waals surface area (Å²) in [6, 6.07) is 0. The van der Waals surface area contributed by atoms with Crippen molar-refractivity contribution in [2.24, 2.45) is 0 Å². The maximum Gasteiger partial charge on any atom is 0.0956 e. The van der Waals surface area contributed by atoms with Crippen LogP contribution in [0.25, 0.3) is 0 Å². The molecule has 0 rings (SSSR count). The fourth-order valence-corrected chi connectivity index (χ4v) is 0.926. The van der Waals surface area contributed by atoms with E-state index in [0.717, 1.165) is 6.54 Å². The van der Waals surface area contributed by atoms with E-state index in [9.17, 15) is 0 Å². The lowest BCUT2D eigenvalue weighted by Crippen LogP contribution is -2.36. The summed E-state index contributed by atoms with van der Waals surface area (Å²) in [6.45, 7) is 2.91. The van der Waals surface area contributed by atoms with E-state index in [1.54, 1.807) is 14.2 Å². The Kier molecular flexibility index (Phi) is 5.46. The topological polar surface area (TPSA) is 21.7 Å². The van der Waals surface area contributed by atoms with Crippen molar-refractivity contribution < 1.29 is 9.47 Å². The molecule has 0 saturated carbocycles. The molecule has 0 radical (unpaired) electrons. The van der Waals surface area contributed by atoms with Crippen LogP contribution in [0.3, 0.4) is 0 Å². The number of hydrogen-bond donors (Lipinski definition) is 0. The molecule has 2 atom stereocenters. The van der Waals surface area contributed by atoms with E-state index in [1.165, 1.54) is 0 Å². The Morgan fingerprint density at radius 3 is 2.00 bits per heavy atom. The molecule has 0 spiro atoms. The lowest BCUT2D eigenvalue weighted by atomic mass is 10.2. The molecule has 0 aliphatic heterocycles. The van der Waals surface area contributed by atoms with Crippen LogP contribution in [0.4, 0.5) is 0 Å². The summed E-state index contributed by atoms with van der Waals surface area (Å²) >= 11 is 0. The highest BCUT2D eigenvalue weighted by Crippen LogP contribution is 2.02. The van der Waals surface area contributed by atoms with Gasteiger partial charge in [0.2, 0.25) is 0 Å². The molecule has 3 nitrogen and oxygen atoms in total. The molecule has 0 bridgehead atoms. The molecule has 0 aromatic carbocycles. The molecule has 2 unspecified atom stereocenters. The molecule has 11 heavy (non-hydrogen) atoms. The van der Waals surface area contributed by atoms with Crippen LogP contribution < -0.4 is 0 Å². The van der Waals surface area contributed by atoms with Crippen LogP contribution in [0.15, 0.2) is 0 Å². The third-order valence-electron chi connectivity index (χ3n) is 1.74. The van der Waals surface area contributed by atoms with E-state index in [0.29, 0.717) is 0 Å². The van der Waals surface area contributed by atoms with E-state index < -0.39 is 0 Å². The number of methoxy groups -OCH3 is 2. The summed E-state index contributed by atoms with van der Waals surface area (Å²) in [5.41, 5.74) is 0. The maximum absolute atomic E-state index is 5.25. The summed E-state index contributed by atoms with van der Waals surface area (Å²) in [6.07, 6.45) is 0.317. The van der Waals surface area contributed by atoms with Gasteiger partial charge in [-0.15, -0.1) is 0 Å². The fourth-order valence-electron chi connectivity index (χ4n) is 0.926. The first-order valence-electron chi connectivity index (χ1n) is 3.82. The molecule has 0 heterocycles. The van der Waals surface area contributed by atoms with Crippen LogP contribution in [-0.2, 0) is 9.47 Å². The minimum atomic E-state index is 0.155. The van der Waals surface area contributed by atoms with E-state index in [1.807, 2.05) is 21.0 Å². The Morgan fingerprint density at radius 2 is 1.73 bits per heavy atom. The number of hydrogen-bond acceptors (Lipinski definition) is 3. The van der Waals surface area contributed by atoms with Gasteiger partial charge in [-0.1, -0.05) is 0 Å². The third-order valence-corrected chi connectivity index (χ3v) is 1.74. The number of likely N-dealkylation sites (N-methyl/N-ethyl adjacent to an activating group) is 1. The van der Waals surface area contributed by atoms with Crippen molar-refractivity contribution in [2.45, 2.75) is 19.1 Å². The quantitative estimate of drug-likeness (QED) is 0.589. The van der Waals surface area contributed by atoms with Crippen LogP contribution in [-0.4, -0.2) is 52.0 Å². The number of nitrogens with zero attached hydrogens (tertiary/aromatic N) is 1. The smallest absolute Gasteiger partial charge is 0.0956 e. The Labute approximate surface area is 69.3 Å². The normalized spacial score (nSPS) is 16.9. The van der Waals surface area contributed by atoms with Gasteiger partial charge >= 0.3 is 0 Å². The van der Waals surface area contributed by atoms with Crippen molar-refractivity contribution in [1.82, 2.24) is 4.90 Å². The van der Waals surface area contributed by atoms with Crippen LogP contribution in [0.1, 0.15) is 6.92 Å². The minimum Gasteiger partial charge on any atom is -0.379 e. The molecule has 0 amide bonds. The van der Waals surface area contributed by atoms with Crippen molar-refractivity contribution in [3.8, 4) is 0 Å². The highest BCUT2D eigenvalue weighted by atomic mass is 16.5. The molecule has 0 N–H and O–H groups in total. The summed E-state index contributed by atoms with van der Waals surface area (Å²) in [4.78, 5) is 2.09. The first-order valence-corrected chi connectivity index (χ1v) is 3.82. The van der Waals surface area contributed by atoms with Crippen LogP contribution >= 0.6 is 0 Å². The Balaban J connectivity index is 3.74. The monoisotopic (exact) mass is 161 g/mol. The van der Waals surface area contributed by atoms with Crippen molar-refractivity contribution in [3.05, 3.63) is 0 Å². The number of rotatable bonds is 5. The maximum atomic E-state index is 5.25. The zero-order valence-electron chi connectivity index (χ0n) is 8.13. The van der Waals surface area contributed by atoms with Gasteiger partial charge in [-0.05, 0) is 21.0 Å². The molecule has 0 fully saturated rings. The highest BCUT2D eigenvalue weighted by Gasteiger charge is 2.16. The second-order valence-electron chi connectivity index (χ2n) is 2.98. The van der Waals surface area contributed by atoms with Gasteiger partial charge < -0.3 is 14.4 Å². The zero-order valence-corrected chi connectivity index (χ0v) is 8.13. The first-order chi connectivity index (χ1) is 5.11. The molecule has 68 valence electrons. The molecule has 0 aliphatic carbocycles. The average molecular weight is 161 g/mol. The van der Waals surface area contributed by atoms with Gasteiger partial charge in [-0.2, -0.15) is 0 Å². The van der Waals surface area contributed by atoms with Crippen LogP contribution in [0, 0.1) is 0 Å². The average Bonchev–Trinajstić information content (AvgIpc) is 1.98. The molecule has 3 heteroatoms. The summed E-state index contributed by atoms with van der Waals surface area (Å²) in [5, 5.41) is 0. The number of ether oxygens (including phenoxy) is 2. The van der Waals surface area contributed by atoms with Crippen molar-refractivity contribution in [3.63, 3.8) is 0 Å². The van der Waals surface area contributed by atoms with Crippen LogP contribution in [0.5, 0.6) is 0 Å². The van der Waals surface area contributed by atoms with Crippen molar-refractivity contribution in [2.75, 3.05) is 34.9 Å². The van der Waals surface area contributed by atoms with Gasteiger partial charge in [0.15, 0.2) is 0 Å². The molecule has 0 saturated heterocycles. The van der Waals surface area contributed by atoms with E-state index in [-0.39, 0.29) is 12.2 Å². The van der Waals surface area contributed by atoms with Crippen LogP contribution in [0.2, 0.25) is 0 Å². The first kappa shape index (κ1) is 10.9. The van der Waals surface area contributed by atoms with Crippen molar-refractivity contribution >= 4 is 0 Å².